The Balaban J connectivity index is 2.08. The maximum Gasteiger partial charge on any atom is 0.128 e. The molecule has 5 heteroatoms. The third kappa shape index (κ3) is 3.18. The zero-order valence-electron chi connectivity index (χ0n) is 10.1. The summed E-state index contributed by atoms with van der Waals surface area (Å²) >= 11 is 3.46. The van der Waals surface area contributed by atoms with Crippen molar-refractivity contribution in [3.8, 4) is 0 Å². The van der Waals surface area contributed by atoms with E-state index in [4.69, 9.17) is 9.47 Å². The Kier molecular flexibility index (Phi) is 4.36. The molecule has 1 aliphatic heterocycles. The molecular formula is C12H17BrN2O2. The molecule has 0 spiro atoms. The highest BCUT2D eigenvalue weighted by molar-refractivity contribution is 9.10. The maximum atomic E-state index is 5.62. The third-order valence-electron chi connectivity index (χ3n) is 2.85. The number of pyridine rings is 1. The summed E-state index contributed by atoms with van der Waals surface area (Å²) in [4.78, 5) is 6.68. The number of morpholine rings is 1. The Morgan fingerprint density at radius 1 is 1.65 bits per heavy atom. The number of methoxy groups -OCH3 is 1. The number of nitrogens with zero attached hydrogens (tertiary/aromatic N) is 2. The van der Waals surface area contributed by atoms with Crippen LogP contribution in [0.3, 0.4) is 0 Å². The van der Waals surface area contributed by atoms with E-state index in [0.717, 1.165) is 30.0 Å². The summed E-state index contributed by atoms with van der Waals surface area (Å²) in [6, 6.07) is 2.10. The number of hydrogen-bond donors (Lipinski definition) is 0. The van der Waals surface area contributed by atoms with Crippen molar-refractivity contribution in [2.75, 3.05) is 38.3 Å². The van der Waals surface area contributed by atoms with Crippen LogP contribution in [0, 0.1) is 6.92 Å². The highest BCUT2D eigenvalue weighted by Crippen LogP contribution is 2.21. The molecule has 4 nitrogen and oxygen atoms in total. The minimum absolute atomic E-state index is 0.138. The molecule has 1 aromatic heterocycles. The summed E-state index contributed by atoms with van der Waals surface area (Å²) < 4.78 is 11.8. The van der Waals surface area contributed by atoms with Crippen molar-refractivity contribution in [1.29, 1.82) is 0 Å². The largest absolute Gasteiger partial charge is 0.382 e. The molecule has 0 aromatic carbocycles. The van der Waals surface area contributed by atoms with Crippen molar-refractivity contribution in [2.45, 2.75) is 13.0 Å². The number of aromatic nitrogens is 1. The number of aryl methyl sites for hydroxylation is 1. The molecule has 94 valence electrons. The van der Waals surface area contributed by atoms with E-state index in [0.29, 0.717) is 6.61 Å². The molecule has 1 aliphatic rings. The molecule has 1 unspecified atom stereocenters. The Morgan fingerprint density at radius 2 is 2.47 bits per heavy atom. The summed E-state index contributed by atoms with van der Waals surface area (Å²) in [6.07, 6.45) is 1.99. The lowest BCUT2D eigenvalue weighted by atomic mass is 10.2. The summed E-state index contributed by atoms with van der Waals surface area (Å²) in [6.45, 7) is 5.15. The van der Waals surface area contributed by atoms with Crippen molar-refractivity contribution >= 4 is 21.7 Å². The molecule has 1 aromatic rings. The standard InChI is InChI=1S/C12H17BrN2O2/c1-9-5-12(14-6-11(9)13)15-3-4-17-10(7-15)8-16-2/h5-6,10H,3-4,7-8H2,1-2H3. The highest BCUT2D eigenvalue weighted by Gasteiger charge is 2.21. The van der Waals surface area contributed by atoms with Gasteiger partial charge in [0, 0.05) is 30.9 Å². The van der Waals surface area contributed by atoms with E-state index in [1.165, 1.54) is 5.56 Å². The molecule has 0 N–H and O–H groups in total. The molecule has 2 rings (SSSR count). The molecule has 1 saturated heterocycles. The van der Waals surface area contributed by atoms with E-state index in [-0.39, 0.29) is 6.10 Å². The van der Waals surface area contributed by atoms with Crippen LogP contribution in [0.4, 0.5) is 5.82 Å². The highest BCUT2D eigenvalue weighted by atomic mass is 79.9. The number of ether oxygens (including phenoxy) is 2. The van der Waals surface area contributed by atoms with Crippen molar-refractivity contribution in [2.24, 2.45) is 0 Å². The molecule has 0 aliphatic carbocycles. The van der Waals surface area contributed by atoms with Crippen LogP contribution in [0.25, 0.3) is 0 Å². The minimum atomic E-state index is 0.138. The molecule has 1 atom stereocenters. The second-order valence-electron chi connectivity index (χ2n) is 4.19. The maximum absolute atomic E-state index is 5.62. The predicted octanol–water partition coefficient (Wildman–Crippen LogP) is 2.00. The summed E-state index contributed by atoms with van der Waals surface area (Å²) in [7, 11) is 1.70. The zero-order valence-corrected chi connectivity index (χ0v) is 11.7. The van der Waals surface area contributed by atoms with Crippen LogP contribution in [-0.2, 0) is 9.47 Å². The molecule has 0 saturated carbocycles. The van der Waals surface area contributed by atoms with Crippen molar-refractivity contribution < 1.29 is 9.47 Å². The van der Waals surface area contributed by atoms with Gasteiger partial charge in [0.25, 0.3) is 0 Å². The average Bonchev–Trinajstić information content (AvgIpc) is 2.33. The quantitative estimate of drug-likeness (QED) is 0.855. The smallest absolute Gasteiger partial charge is 0.128 e. The van der Waals surface area contributed by atoms with E-state index in [9.17, 15) is 0 Å². The number of hydrogen-bond acceptors (Lipinski definition) is 4. The van der Waals surface area contributed by atoms with Gasteiger partial charge in [-0.1, -0.05) is 0 Å². The molecule has 1 fully saturated rings. The van der Waals surface area contributed by atoms with Crippen LogP contribution in [0.15, 0.2) is 16.7 Å². The van der Waals surface area contributed by atoms with Gasteiger partial charge in [0.05, 0.1) is 19.3 Å². The predicted molar refractivity (Wildman–Crippen MR) is 70.5 cm³/mol. The normalized spacial score (nSPS) is 20.6. The van der Waals surface area contributed by atoms with Gasteiger partial charge in [-0.2, -0.15) is 0 Å². The van der Waals surface area contributed by atoms with Crippen LogP contribution >= 0.6 is 15.9 Å². The van der Waals surface area contributed by atoms with Gasteiger partial charge in [0.15, 0.2) is 0 Å². The van der Waals surface area contributed by atoms with E-state index >= 15 is 0 Å². The topological polar surface area (TPSA) is 34.6 Å². The van der Waals surface area contributed by atoms with Crippen molar-refractivity contribution in [1.82, 2.24) is 4.98 Å². The van der Waals surface area contributed by atoms with Gasteiger partial charge < -0.3 is 14.4 Å². The first-order chi connectivity index (χ1) is 8.20. The van der Waals surface area contributed by atoms with Gasteiger partial charge in [-0.25, -0.2) is 4.98 Å². The van der Waals surface area contributed by atoms with Crippen LogP contribution in [0.5, 0.6) is 0 Å². The lowest BCUT2D eigenvalue weighted by molar-refractivity contribution is -0.0102. The Hall–Kier alpha value is -0.650. The second-order valence-corrected chi connectivity index (χ2v) is 5.04. The minimum Gasteiger partial charge on any atom is -0.382 e. The molecule has 0 radical (unpaired) electrons. The molecule has 2 heterocycles. The second kappa shape index (κ2) is 5.80. The number of anilines is 1. The Labute approximate surface area is 110 Å². The Bertz CT molecular complexity index is 385. The average molecular weight is 301 g/mol. The first-order valence-electron chi connectivity index (χ1n) is 5.68. The summed E-state index contributed by atoms with van der Waals surface area (Å²) in [5, 5.41) is 0. The fourth-order valence-corrected chi connectivity index (χ4v) is 2.13. The van der Waals surface area contributed by atoms with Crippen LogP contribution in [0.1, 0.15) is 5.56 Å². The van der Waals surface area contributed by atoms with Crippen molar-refractivity contribution in [3.63, 3.8) is 0 Å². The number of halogens is 1. The monoisotopic (exact) mass is 300 g/mol. The molecule has 0 bridgehead atoms. The van der Waals surface area contributed by atoms with Crippen LogP contribution in [-0.4, -0.2) is 44.5 Å². The van der Waals surface area contributed by atoms with Gasteiger partial charge >= 0.3 is 0 Å². The van der Waals surface area contributed by atoms with E-state index < -0.39 is 0 Å². The fourth-order valence-electron chi connectivity index (χ4n) is 1.91. The van der Waals surface area contributed by atoms with Crippen molar-refractivity contribution in [3.05, 3.63) is 22.3 Å². The molecule has 0 amide bonds. The van der Waals surface area contributed by atoms with Gasteiger partial charge in [0.2, 0.25) is 0 Å². The lowest BCUT2D eigenvalue weighted by Crippen LogP contribution is -2.44. The number of rotatable bonds is 3. The SMILES string of the molecule is COCC1CN(c2cc(C)c(Br)cn2)CCO1. The zero-order chi connectivity index (χ0) is 12.3. The summed E-state index contributed by atoms with van der Waals surface area (Å²) in [5.74, 6) is 1.01. The third-order valence-corrected chi connectivity index (χ3v) is 3.68. The lowest BCUT2D eigenvalue weighted by Gasteiger charge is -2.33. The first-order valence-corrected chi connectivity index (χ1v) is 6.47. The fraction of sp³-hybridized carbons (Fsp3) is 0.583. The molecule has 17 heavy (non-hydrogen) atoms. The van der Waals surface area contributed by atoms with Crippen LogP contribution in [0.2, 0.25) is 0 Å². The van der Waals surface area contributed by atoms with Gasteiger partial charge in [-0.05, 0) is 34.5 Å². The molecular weight excluding hydrogens is 284 g/mol. The first kappa shape index (κ1) is 12.8. The Morgan fingerprint density at radius 3 is 3.18 bits per heavy atom. The van der Waals surface area contributed by atoms with E-state index in [2.05, 4.69) is 38.8 Å². The van der Waals surface area contributed by atoms with E-state index in [1.54, 1.807) is 7.11 Å². The van der Waals surface area contributed by atoms with Gasteiger partial charge in [0.1, 0.15) is 5.82 Å². The van der Waals surface area contributed by atoms with E-state index in [1.807, 2.05) is 6.20 Å². The van der Waals surface area contributed by atoms with Gasteiger partial charge in [-0.15, -0.1) is 0 Å². The van der Waals surface area contributed by atoms with Gasteiger partial charge in [-0.3, -0.25) is 0 Å². The van der Waals surface area contributed by atoms with Crippen LogP contribution < -0.4 is 4.90 Å². The summed E-state index contributed by atoms with van der Waals surface area (Å²) in [5.41, 5.74) is 1.20.